The van der Waals surface area contributed by atoms with Gasteiger partial charge in [-0.05, 0) is 80.3 Å². The summed E-state index contributed by atoms with van der Waals surface area (Å²) in [7, 11) is 1.61. The number of methoxy groups -OCH3 is 1. The summed E-state index contributed by atoms with van der Waals surface area (Å²) in [5, 5.41) is 6.03. The summed E-state index contributed by atoms with van der Waals surface area (Å²) in [6.07, 6.45) is 7.34. The minimum atomic E-state index is -1.11. The Labute approximate surface area is 227 Å². The summed E-state index contributed by atoms with van der Waals surface area (Å²) in [4.78, 5) is 47.0. The highest BCUT2D eigenvalue weighted by Gasteiger charge is 2.53. The van der Waals surface area contributed by atoms with Gasteiger partial charge in [-0.2, -0.15) is 0 Å². The van der Waals surface area contributed by atoms with E-state index in [0.29, 0.717) is 6.54 Å². The van der Waals surface area contributed by atoms with Gasteiger partial charge in [-0.3, -0.25) is 14.4 Å². The van der Waals surface area contributed by atoms with Gasteiger partial charge in [-0.1, -0.05) is 24.3 Å². The lowest BCUT2D eigenvalue weighted by Gasteiger charge is -2.44. The number of anilines is 1. The van der Waals surface area contributed by atoms with E-state index in [-0.39, 0.29) is 35.8 Å². The second kappa shape index (κ2) is 9.87. The molecule has 1 fully saturated rings. The molecule has 2 N–H and O–H groups in total. The molecule has 2 aromatic carbocycles. The standard InChI is InChI=1S/C30H33N5O4/c1-30(29(38)31-16-19-10-14-22(39-2)15-11-19)17-34-18-32-25(26(34)28(37)35(30)21-12-13-21)27(36)33-24-9-5-7-20-6-3-4-8-23(20)24/h5,7,9-11,14-15,18,21H,3-4,6,8,12-13,16-17H2,1-2H3,(H,31,38)(H,33,36)/t30-/m1/s1. The largest absolute Gasteiger partial charge is 0.497 e. The molecule has 1 atom stereocenters. The van der Waals surface area contributed by atoms with Gasteiger partial charge in [0.2, 0.25) is 5.91 Å². The number of benzene rings is 2. The quantitative estimate of drug-likeness (QED) is 0.487. The van der Waals surface area contributed by atoms with Crippen LogP contribution in [0, 0.1) is 0 Å². The number of imidazole rings is 1. The van der Waals surface area contributed by atoms with Crippen LogP contribution in [0.1, 0.15) is 70.3 Å². The molecule has 9 nitrogen and oxygen atoms in total. The molecule has 2 aliphatic carbocycles. The van der Waals surface area contributed by atoms with Crippen molar-refractivity contribution < 1.29 is 19.1 Å². The number of aromatic nitrogens is 2. The smallest absolute Gasteiger partial charge is 0.276 e. The van der Waals surface area contributed by atoms with Crippen LogP contribution in [-0.4, -0.2) is 50.9 Å². The predicted molar refractivity (Wildman–Crippen MR) is 146 cm³/mol. The van der Waals surface area contributed by atoms with E-state index >= 15 is 0 Å². The Kier molecular flexibility index (Phi) is 6.37. The van der Waals surface area contributed by atoms with E-state index in [9.17, 15) is 14.4 Å². The predicted octanol–water partition coefficient (Wildman–Crippen LogP) is 3.72. The van der Waals surface area contributed by atoms with E-state index in [2.05, 4.69) is 21.7 Å². The Morgan fingerprint density at radius 3 is 2.62 bits per heavy atom. The van der Waals surface area contributed by atoms with E-state index in [1.807, 2.05) is 36.4 Å². The number of carbonyl (C=O) groups excluding carboxylic acids is 3. The topological polar surface area (TPSA) is 106 Å². The monoisotopic (exact) mass is 527 g/mol. The van der Waals surface area contributed by atoms with E-state index < -0.39 is 11.4 Å². The number of hydrogen-bond acceptors (Lipinski definition) is 5. The van der Waals surface area contributed by atoms with E-state index in [1.165, 1.54) is 11.9 Å². The van der Waals surface area contributed by atoms with Crippen molar-refractivity contribution in [1.82, 2.24) is 19.8 Å². The molecule has 0 saturated heterocycles. The van der Waals surface area contributed by atoms with Crippen LogP contribution in [0.25, 0.3) is 0 Å². The van der Waals surface area contributed by atoms with E-state index in [1.54, 1.807) is 23.5 Å². The van der Waals surface area contributed by atoms with Crippen LogP contribution in [0.15, 0.2) is 48.8 Å². The molecule has 2 heterocycles. The molecule has 3 aromatic rings. The average Bonchev–Trinajstić information content (AvgIpc) is 3.69. The molecule has 3 aliphatic rings. The molecule has 1 saturated carbocycles. The summed E-state index contributed by atoms with van der Waals surface area (Å²) in [5.41, 5.74) is 3.37. The first-order chi connectivity index (χ1) is 18.9. The molecule has 0 bridgehead atoms. The number of nitrogens with one attached hydrogen (secondary N) is 2. The second-order valence-corrected chi connectivity index (χ2v) is 10.9. The third-order valence-corrected chi connectivity index (χ3v) is 8.14. The highest BCUT2D eigenvalue weighted by atomic mass is 16.5. The zero-order chi connectivity index (χ0) is 27.1. The van der Waals surface area contributed by atoms with Crippen molar-refractivity contribution in [3.8, 4) is 5.75 Å². The van der Waals surface area contributed by atoms with Gasteiger partial charge in [0.05, 0.1) is 20.0 Å². The van der Waals surface area contributed by atoms with Crippen molar-refractivity contribution >= 4 is 23.4 Å². The first-order valence-corrected chi connectivity index (χ1v) is 13.6. The fraction of sp³-hybridized carbons (Fsp3) is 0.400. The van der Waals surface area contributed by atoms with Gasteiger partial charge in [0, 0.05) is 18.3 Å². The number of rotatable bonds is 7. The molecule has 3 amide bonds. The number of amides is 3. The molecule has 9 heteroatoms. The van der Waals surface area contributed by atoms with Crippen molar-refractivity contribution in [2.24, 2.45) is 0 Å². The number of carbonyl (C=O) groups is 3. The molecular weight excluding hydrogens is 494 g/mol. The zero-order valence-electron chi connectivity index (χ0n) is 22.3. The molecule has 0 unspecified atom stereocenters. The number of hydrogen-bond donors (Lipinski definition) is 2. The van der Waals surface area contributed by atoms with Gasteiger partial charge in [-0.15, -0.1) is 0 Å². The lowest BCUT2D eigenvalue weighted by molar-refractivity contribution is -0.133. The van der Waals surface area contributed by atoms with Gasteiger partial charge < -0.3 is 24.8 Å². The van der Waals surface area contributed by atoms with Gasteiger partial charge in [-0.25, -0.2) is 4.98 Å². The number of aryl methyl sites for hydroxylation is 1. The Morgan fingerprint density at radius 2 is 1.87 bits per heavy atom. The number of nitrogens with zero attached hydrogens (tertiary/aromatic N) is 3. The van der Waals surface area contributed by atoms with Gasteiger partial charge in [0.15, 0.2) is 5.69 Å². The SMILES string of the molecule is COc1ccc(CNC(=O)[C@@]2(C)Cn3cnc(C(=O)Nc4cccc5c4CCCC5)c3C(=O)N2C2CC2)cc1. The second-order valence-electron chi connectivity index (χ2n) is 10.9. The highest BCUT2D eigenvalue weighted by molar-refractivity contribution is 6.12. The van der Waals surface area contributed by atoms with Crippen LogP contribution < -0.4 is 15.4 Å². The summed E-state index contributed by atoms with van der Waals surface area (Å²) in [5.74, 6) is -0.225. The maximum absolute atomic E-state index is 13.9. The summed E-state index contributed by atoms with van der Waals surface area (Å²) >= 11 is 0. The third-order valence-electron chi connectivity index (χ3n) is 8.14. The van der Waals surface area contributed by atoms with Gasteiger partial charge in [0.1, 0.15) is 17.0 Å². The van der Waals surface area contributed by atoms with Crippen molar-refractivity contribution in [2.45, 2.75) is 70.1 Å². The molecular formula is C30H33N5O4. The fourth-order valence-corrected chi connectivity index (χ4v) is 5.92. The van der Waals surface area contributed by atoms with Crippen molar-refractivity contribution in [2.75, 3.05) is 12.4 Å². The molecule has 0 spiro atoms. The normalized spacial score (nSPS) is 20.2. The molecule has 6 rings (SSSR count). The van der Waals surface area contributed by atoms with Crippen LogP contribution in [-0.2, 0) is 30.7 Å². The zero-order valence-corrected chi connectivity index (χ0v) is 22.3. The highest BCUT2D eigenvalue weighted by Crippen LogP contribution is 2.39. The Hall–Kier alpha value is -4.14. The maximum Gasteiger partial charge on any atom is 0.276 e. The van der Waals surface area contributed by atoms with Crippen LogP contribution in [0.2, 0.25) is 0 Å². The van der Waals surface area contributed by atoms with E-state index in [0.717, 1.165) is 61.1 Å². The van der Waals surface area contributed by atoms with Crippen LogP contribution >= 0.6 is 0 Å². The minimum absolute atomic E-state index is 0.0325. The van der Waals surface area contributed by atoms with Crippen molar-refractivity contribution in [1.29, 1.82) is 0 Å². The van der Waals surface area contributed by atoms with Crippen LogP contribution in [0.4, 0.5) is 5.69 Å². The molecule has 202 valence electrons. The Morgan fingerprint density at radius 1 is 1.10 bits per heavy atom. The molecule has 1 aliphatic heterocycles. The number of fused-ring (bicyclic) bond motifs is 2. The first-order valence-electron chi connectivity index (χ1n) is 13.6. The van der Waals surface area contributed by atoms with E-state index in [4.69, 9.17) is 4.74 Å². The Bertz CT molecular complexity index is 1440. The molecule has 1 aromatic heterocycles. The molecule has 39 heavy (non-hydrogen) atoms. The summed E-state index contributed by atoms with van der Waals surface area (Å²) in [6.45, 7) is 2.35. The van der Waals surface area contributed by atoms with Gasteiger partial charge >= 0.3 is 0 Å². The average molecular weight is 528 g/mol. The minimum Gasteiger partial charge on any atom is -0.497 e. The van der Waals surface area contributed by atoms with Crippen molar-refractivity contribution in [3.63, 3.8) is 0 Å². The fourth-order valence-electron chi connectivity index (χ4n) is 5.92. The van der Waals surface area contributed by atoms with Crippen LogP contribution in [0.3, 0.4) is 0 Å². The Balaban J connectivity index is 1.24. The third kappa shape index (κ3) is 4.56. The van der Waals surface area contributed by atoms with Crippen molar-refractivity contribution in [3.05, 3.63) is 76.9 Å². The first kappa shape index (κ1) is 25.2. The van der Waals surface area contributed by atoms with Crippen LogP contribution in [0.5, 0.6) is 5.75 Å². The molecule has 0 radical (unpaired) electrons. The number of ether oxygens (including phenoxy) is 1. The summed E-state index contributed by atoms with van der Waals surface area (Å²) < 4.78 is 6.86. The lowest BCUT2D eigenvalue weighted by Crippen LogP contribution is -2.64. The lowest BCUT2D eigenvalue weighted by atomic mass is 9.90. The summed E-state index contributed by atoms with van der Waals surface area (Å²) in [6, 6.07) is 13.4. The maximum atomic E-state index is 13.9. The van der Waals surface area contributed by atoms with Gasteiger partial charge in [0.25, 0.3) is 11.8 Å².